The van der Waals surface area contributed by atoms with Crippen LogP contribution in [0, 0.1) is 0 Å². The van der Waals surface area contributed by atoms with Gasteiger partial charge in [-0.1, -0.05) is 13.3 Å². The van der Waals surface area contributed by atoms with Crippen LogP contribution in [0.15, 0.2) is 6.20 Å². The summed E-state index contributed by atoms with van der Waals surface area (Å²) in [5.41, 5.74) is 0.0139. The molecule has 3 rings (SSSR count). The summed E-state index contributed by atoms with van der Waals surface area (Å²) in [5, 5.41) is 16.9. The molecule has 12 heteroatoms. The Balaban J connectivity index is 1.98. The summed E-state index contributed by atoms with van der Waals surface area (Å²) >= 11 is 0. The van der Waals surface area contributed by atoms with Gasteiger partial charge < -0.3 is 24.8 Å². The molecule has 177 valence electrons. The molecule has 10 nitrogen and oxygen atoms in total. The van der Waals surface area contributed by atoms with Crippen LogP contribution in [0.4, 0.5) is 10.6 Å². The van der Waals surface area contributed by atoms with Gasteiger partial charge in [0.1, 0.15) is 11.7 Å². The number of imidazole rings is 1. The zero-order valence-corrected chi connectivity index (χ0v) is 20.1. The summed E-state index contributed by atoms with van der Waals surface area (Å²) in [6.45, 7) is 9.89. The predicted molar refractivity (Wildman–Crippen MR) is 127 cm³/mol. The van der Waals surface area contributed by atoms with Gasteiger partial charge in [-0.15, -0.1) is 5.10 Å². The first-order chi connectivity index (χ1) is 16.1. The summed E-state index contributed by atoms with van der Waals surface area (Å²) in [6, 6.07) is -0.430. The molecule has 2 aromatic rings. The number of aromatic nitrogens is 4. The second-order valence-corrected chi connectivity index (χ2v) is 9.26. The number of carbonyl (C=O) groups excluding carboxylic acids is 1. The van der Waals surface area contributed by atoms with Gasteiger partial charge in [0.2, 0.25) is 0 Å². The van der Waals surface area contributed by atoms with E-state index in [1.165, 1.54) is 17.9 Å². The number of nitrogens with zero attached hydrogens (tertiary/aromatic N) is 5. The molecule has 1 fully saturated rings. The second-order valence-electron chi connectivity index (χ2n) is 9.26. The Bertz CT molecular complexity index is 988. The molecule has 2 N–H and O–H groups in total. The lowest BCUT2D eigenvalue weighted by molar-refractivity contribution is 0.00389. The minimum absolute atomic E-state index is 0.0691. The SMILES string of the molecule is [2H]N(C[B][B])c1nc(O[C@@H](C)CCC)nn2c(C(O)C3CCCN3C(=O)OC(C)(C)C)cnc12. The molecule has 0 bridgehead atoms. The molecule has 3 heterocycles. The molecule has 0 spiro atoms. The Morgan fingerprint density at radius 1 is 1.52 bits per heavy atom. The first-order valence-corrected chi connectivity index (χ1v) is 11.5. The van der Waals surface area contributed by atoms with E-state index in [1.54, 1.807) is 4.90 Å². The van der Waals surface area contributed by atoms with Gasteiger partial charge in [0.15, 0.2) is 12.9 Å². The van der Waals surface area contributed by atoms with E-state index in [-0.39, 0.29) is 30.0 Å². The fraction of sp³-hybridized carbons (Fsp3) is 0.714. The largest absolute Gasteiger partial charge is 0.459 e. The average molecular weight is 456 g/mol. The molecule has 0 saturated carbocycles. The van der Waals surface area contributed by atoms with Crippen molar-refractivity contribution in [3.05, 3.63) is 11.9 Å². The van der Waals surface area contributed by atoms with Crippen molar-refractivity contribution < 1.29 is 20.8 Å². The van der Waals surface area contributed by atoms with Crippen LogP contribution in [0.25, 0.3) is 5.65 Å². The normalized spacial score (nSPS) is 18.7. The Morgan fingerprint density at radius 2 is 2.27 bits per heavy atom. The third-order valence-corrected chi connectivity index (χ3v) is 5.29. The molecule has 0 aromatic carbocycles. The van der Waals surface area contributed by atoms with Crippen LogP contribution in [0.5, 0.6) is 6.01 Å². The van der Waals surface area contributed by atoms with Gasteiger partial charge in [0.25, 0.3) is 0 Å². The number of likely N-dealkylation sites (tertiary alicyclic amines) is 1. The lowest BCUT2D eigenvalue weighted by Gasteiger charge is -2.30. The van der Waals surface area contributed by atoms with E-state index in [4.69, 9.17) is 18.6 Å². The highest BCUT2D eigenvalue weighted by molar-refractivity contribution is 6.89. The molecule has 1 amide bonds. The van der Waals surface area contributed by atoms with Gasteiger partial charge in [0.05, 0.1) is 31.2 Å². The van der Waals surface area contributed by atoms with E-state index >= 15 is 0 Å². The zero-order valence-electron chi connectivity index (χ0n) is 21.1. The number of hydrogen-bond donors (Lipinski definition) is 2. The van der Waals surface area contributed by atoms with Crippen molar-refractivity contribution in [2.75, 3.05) is 18.3 Å². The van der Waals surface area contributed by atoms with Crippen LogP contribution < -0.4 is 10.0 Å². The fourth-order valence-corrected chi connectivity index (χ4v) is 3.87. The minimum atomic E-state index is -1.08. The number of fused-ring (bicyclic) bond motifs is 1. The van der Waals surface area contributed by atoms with Crippen molar-refractivity contribution in [3.8, 4) is 6.01 Å². The summed E-state index contributed by atoms with van der Waals surface area (Å²) in [5.74, 6) is 0.198. The van der Waals surface area contributed by atoms with E-state index in [0.717, 1.165) is 24.6 Å². The molecule has 3 radical (unpaired) electrons. The van der Waals surface area contributed by atoms with Crippen molar-refractivity contribution in [1.82, 2.24) is 24.5 Å². The lowest BCUT2D eigenvalue weighted by atomic mass is 9.56. The highest BCUT2D eigenvalue weighted by Gasteiger charge is 2.38. The smallest absolute Gasteiger partial charge is 0.410 e. The Kier molecular flexibility index (Phi) is 7.62. The van der Waals surface area contributed by atoms with Gasteiger partial charge in [-0.25, -0.2) is 14.3 Å². The van der Waals surface area contributed by atoms with Gasteiger partial charge in [-0.2, -0.15) is 4.98 Å². The highest BCUT2D eigenvalue weighted by atomic mass is 16.6. The number of ether oxygens (including phenoxy) is 2. The molecular formula is C21H33B2N6O4. The first-order valence-electron chi connectivity index (χ1n) is 11.9. The molecule has 0 aliphatic carbocycles. The van der Waals surface area contributed by atoms with E-state index in [2.05, 4.69) is 22.0 Å². The van der Waals surface area contributed by atoms with Crippen molar-refractivity contribution in [3.63, 3.8) is 0 Å². The van der Waals surface area contributed by atoms with Crippen LogP contribution in [0.3, 0.4) is 0 Å². The van der Waals surface area contributed by atoms with E-state index in [9.17, 15) is 9.90 Å². The fourth-order valence-electron chi connectivity index (χ4n) is 3.87. The predicted octanol–water partition coefficient (Wildman–Crippen LogP) is 2.28. The minimum Gasteiger partial charge on any atom is -0.459 e. The van der Waals surface area contributed by atoms with Gasteiger partial charge in [0, 0.05) is 14.3 Å². The zero-order chi connectivity index (χ0) is 25.0. The van der Waals surface area contributed by atoms with Crippen LogP contribution >= 0.6 is 0 Å². The molecule has 1 saturated heterocycles. The van der Waals surface area contributed by atoms with Crippen molar-refractivity contribution in [2.24, 2.45) is 0 Å². The van der Waals surface area contributed by atoms with Crippen molar-refractivity contribution >= 4 is 32.5 Å². The maximum Gasteiger partial charge on any atom is 0.410 e. The highest BCUT2D eigenvalue weighted by Crippen LogP contribution is 2.32. The maximum absolute atomic E-state index is 12.7. The Labute approximate surface area is 198 Å². The first kappa shape index (κ1) is 23.7. The van der Waals surface area contributed by atoms with E-state index in [1.807, 2.05) is 27.7 Å². The van der Waals surface area contributed by atoms with Crippen molar-refractivity contribution in [1.29, 1.82) is 0 Å². The van der Waals surface area contributed by atoms with Gasteiger partial charge in [-0.3, -0.25) is 0 Å². The molecule has 33 heavy (non-hydrogen) atoms. The third kappa shape index (κ3) is 6.10. The summed E-state index contributed by atoms with van der Waals surface area (Å²) < 4.78 is 21.2. The number of aliphatic hydroxyl groups excluding tert-OH is 1. The standard InChI is InChI=1S/C21H33B2N6O4/c1-6-8-13(2)32-19-26-17(25-12-23-22)18-24-11-15(29(18)27-19)16(30)14-9-7-10-28(14)20(31)33-21(3,4)5/h11,13-14,16,30H,6-10,12H2,1-5H3,(H,25,26,27)/t13-,14?,16?/m0/s1/i/hD. The summed E-state index contributed by atoms with van der Waals surface area (Å²) in [6.07, 6.45) is 3.01. The van der Waals surface area contributed by atoms with Crippen LogP contribution in [0.2, 0.25) is 1.41 Å². The molecule has 3 atom stereocenters. The molecule has 2 aromatic heterocycles. The number of hydrogen-bond acceptors (Lipinski definition) is 8. The van der Waals surface area contributed by atoms with Crippen LogP contribution in [0.1, 0.15) is 72.1 Å². The monoisotopic (exact) mass is 456 g/mol. The Morgan fingerprint density at radius 3 is 2.94 bits per heavy atom. The second kappa shape index (κ2) is 10.6. The van der Waals surface area contributed by atoms with Gasteiger partial charge in [-0.05, 0) is 53.4 Å². The summed E-state index contributed by atoms with van der Waals surface area (Å²) in [7, 11) is 6.85. The molecule has 1 aliphatic heterocycles. The number of nitrogens with one attached hydrogen (secondary N) is 1. The van der Waals surface area contributed by atoms with E-state index in [0.29, 0.717) is 18.7 Å². The van der Waals surface area contributed by atoms with Gasteiger partial charge >= 0.3 is 12.1 Å². The number of rotatable bonds is 9. The van der Waals surface area contributed by atoms with Crippen LogP contribution in [-0.2, 0) is 4.74 Å². The number of carbonyl (C=O) groups is 1. The third-order valence-electron chi connectivity index (χ3n) is 5.29. The molecule has 2 unspecified atom stereocenters. The quantitative estimate of drug-likeness (QED) is 0.553. The Hall–Kier alpha value is -2.49. The van der Waals surface area contributed by atoms with E-state index < -0.39 is 23.8 Å². The average Bonchev–Trinajstić information content (AvgIpc) is 3.39. The molecule has 1 aliphatic rings. The molecular weight excluding hydrogens is 422 g/mol. The lowest BCUT2D eigenvalue weighted by Crippen LogP contribution is -2.42. The topological polar surface area (TPSA) is 114 Å². The summed E-state index contributed by atoms with van der Waals surface area (Å²) in [4.78, 5) is 23.0. The number of anilines is 1. The number of amides is 1. The maximum atomic E-state index is 12.7. The van der Waals surface area contributed by atoms with Crippen molar-refractivity contribution in [2.45, 2.75) is 84.2 Å². The van der Waals surface area contributed by atoms with Crippen LogP contribution in [-0.4, -0.2) is 81.3 Å². The number of aliphatic hydroxyl groups is 1.